The van der Waals surface area contributed by atoms with E-state index in [0.29, 0.717) is 25.2 Å². The zero-order valence-corrected chi connectivity index (χ0v) is 11.2. The van der Waals surface area contributed by atoms with Crippen LogP contribution in [0.1, 0.15) is 38.5 Å². The lowest BCUT2D eigenvalue weighted by atomic mass is 10.00. The molecule has 2 aliphatic rings. The van der Waals surface area contributed by atoms with Gasteiger partial charge < -0.3 is 10.1 Å². The number of hydrogen-bond donors (Lipinski definition) is 1. The second-order valence-electron chi connectivity index (χ2n) is 5.25. The van der Waals surface area contributed by atoms with Crippen molar-refractivity contribution in [1.29, 1.82) is 0 Å². The van der Waals surface area contributed by atoms with Gasteiger partial charge in [-0.1, -0.05) is 0 Å². The van der Waals surface area contributed by atoms with Gasteiger partial charge in [0.15, 0.2) is 5.66 Å². The van der Waals surface area contributed by atoms with Crippen molar-refractivity contribution in [1.82, 2.24) is 5.32 Å². The molecule has 5 heteroatoms. The molecule has 19 heavy (non-hydrogen) atoms. The van der Waals surface area contributed by atoms with Crippen LogP contribution in [0.3, 0.4) is 0 Å². The van der Waals surface area contributed by atoms with Crippen LogP contribution >= 0.6 is 0 Å². The van der Waals surface area contributed by atoms with Crippen molar-refractivity contribution in [3.8, 4) is 12.3 Å². The molecule has 0 aromatic carbocycles. The molecule has 0 unspecified atom stereocenters. The summed E-state index contributed by atoms with van der Waals surface area (Å²) in [5, 5.41) is 11.0. The number of ether oxygens (including phenoxy) is 1. The fraction of sp³-hybridized carbons (Fsp3) is 0.786. The van der Waals surface area contributed by atoms with Crippen molar-refractivity contribution in [2.75, 3.05) is 19.8 Å². The molecule has 1 N–H and O–H groups in total. The van der Waals surface area contributed by atoms with Crippen molar-refractivity contribution in [2.24, 2.45) is 16.1 Å². The smallest absolute Gasteiger partial charge is 0.220 e. The fourth-order valence-corrected chi connectivity index (χ4v) is 2.28. The molecule has 104 valence electrons. The molecular weight excluding hydrogens is 242 g/mol. The van der Waals surface area contributed by atoms with Gasteiger partial charge in [0.2, 0.25) is 5.91 Å². The quantitative estimate of drug-likeness (QED) is 0.713. The van der Waals surface area contributed by atoms with Gasteiger partial charge in [0.05, 0.1) is 0 Å². The van der Waals surface area contributed by atoms with E-state index in [4.69, 9.17) is 11.2 Å². The van der Waals surface area contributed by atoms with Crippen molar-refractivity contribution in [3.05, 3.63) is 0 Å². The van der Waals surface area contributed by atoms with Gasteiger partial charge in [-0.15, -0.1) is 12.3 Å². The molecule has 0 aromatic rings. The number of hydrogen-bond acceptors (Lipinski definition) is 4. The Bertz CT molecular complexity index is 375. The largest absolute Gasteiger partial charge is 0.381 e. The Labute approximate surface area is 114 Å². The Morgan fingerprint density at radius 2 is 2.11 bits per heavy atom. The maximum absolute atomic E-state index is 11.8. The molecule has 2 aliphatic heterocycles. The van der Waals surface area contributed by atoms with E-state index < -0.39 is 0 Å². The summed E-state index contributed by atoms with van der Waals surface area (Å²) in [7, 11) is 0. The summed E-state index contributed by atoms with van der Waals surface area (Å²) in [5.74, 6) is 3.23. The van der Waals surface area contributed by atoms with Gasteiger partial charge in [-0.05, 0) is 18.8 Å². The minimum Gasteiger partial charge on any atom is -0.381 e. The molecule has 5 nitrogen and oxygen atoms in total. The maximum Gasteiger partial charge on any atom is 0.220 e. The van der Waals surface area contributed by atoms with E-state index in [1.54, 1.807) is 0 Å². The Kier molecular flexibility index (Phi) is 4.92. The predicted octanol–water partition coefficient (Wildman–Crippen LogP) is 1.88. The van der Waals surface area contributed by atoms with Gasteiger partial charge in [0.1, 0.15) is 0 Å². The summed E-state index contributed by atoms with van der Waals surface area (Å²) >= 11 is 0. The van der Waals surface area contributed by atoms with Gasteiger partial charge >= 0.3 is 0 Å². The first-order chi connectivity index (χ1) is 9.24. The molecule has 0 bridgehead atoms. The molecular formula is C14H21N3O2. The first-order valence-corrected chi connectivity index (χ1v) is 6.96. The number of nitrogens with zero attached hydrogens (tertiary/aromatic N) is 2. The number of carbonyl (C=O) groups is 1. The summed E-state index contributed by atoms with van der Waals surface area (Å²) in [5.41, 5.74) is -0.345. The fourth-order valence-electron chi connectivity index (χ4n) is 2.28. The molecule has 1 fully saturated rings. The van der Waals surface area contributed by atoms with Crippen LogP contribution in [0.4, 0.5) is 0 Å². The third-order valence-electron chi connectivity index (χ3n) is 3.73. The molecule has 1 saturated heterocycles. The Morgan fingerprint density at radius 1 is 1.37 bits per heavy atom. The maximum atomic E-state index is 11.8. The topological polar surface area (TPSA) is 63.0 Å². The Morgan fingerprint density at radius 3 is 2.74 bits per heavy atom. The minimum atomic E-state index is -0.345. The number of terminal acetylenes is 1. The zero-order valence-electron chi connectivity index (χ0n) is 11.2. The van der Waals surface area contributed by atoms with Gasteiger partial charge in [-0.2, -0.15) is 10.2 Å². The first kappa shape index (κ1) is 14.0. The van der Waals surface area contributed by atoms with Gasteiger partial charge in [0.25, 0.3) is 0 Å². The van der Waals surface area contributed by atoms with Gasteiger partial charge in [-0.3, -0.25) is 4.79 Å². The van der Waals surface area contributed by atoms with Gasteiger partial charge in [0, 0.05) is 45.4 Å². The SMILES string of the molecule is C#CCCC1(CCC(=O)NCC2CCOCC2)N=N1. The summed E-state index contributed by atoms with van der Waals surface area (Å²) in [6, 6.07) is 0. The molecule has 1 amide bonds. The zero-order chi connectivity index (χ0) is 13.6. The lowest BCUT2D eigenvalue weighted by Gasteiger charge is -2.22. The van der Waals surface area contributed by atoms with Crippen LogP contribution in [-0.2, 0) is 9.53 Å². The molecule has 2 rings (SSSR count). The van der Waals surface area contributed by atoms with Crippen LogP contribution in [0.5, 0.6) is 0 Å². The van der Waals surface area contributed by atoms with Crippen molar-refractivity contribution < 1.29 is 9.53 Å². The van der Waals surface area contributed by atoms with Crippen LogP contribution in [0, 0.1) is 18.3 Å². The molecule has 0 aromatic heterocycles. The van der Waals surface area contributed by atoms with Crippen LogP contribution < -0.4 is 5.32 Å². The number of nitrogens with one attached hydrogen (secondary N) is 1. The summed E-state index contributed by atoms with van der Waals surface area (Å²) in [4.78, 5) is 11.8. The Balaban J connectivity index is 1.58. The van der Waals surface area contributed by atoms with E-state index in [-0.39, 0.29) is 11.6 Å². The lowest BCUT2D eigenvalue weighted by Crippen LogP contribution is -2.32. The van der Waals surface area contributed by atoms with E-state index in [1.807, 2.05) is 0 Å². The molecule has 0 saturated carbocycles. The van der Waals surface area contributed by atoms with Crippen LogP contribution in [-0.4, -0.2) is 31.3 Å². The highest BCUT2D eigenvalue weighted by atomic mass is 16.5. The third-order valence-corrected chi connectivity index (χ3v) is 3.73. The standard InChI is InChI=1S/C14H21N3O2/c1-2-3-7-14(16-17-14)8-4-13(18)15-11-12-5-9-19-10-6-12/h1,12H,3-11H2,(H,15,18). The van der Waals surface area contributed by atoms with Crippen molar-refractivity contribution in [2.45, 2.75) is 44.2 Å². The molecule has 0 atom stereocenters. The van der Waals surface area contributed by atoms with Crippen LogP contribution in [0.15, 0.2) is 10.2 Å². The van der Waals surface area contributed by atoms with Crippen molar-refractivity contribution >= 4 is 5.91 Å². The molecule has 0 aliphatic carbocycles. The van der Waals surface area contributed by atoms with Crippen molar-refractivity contribution in [3.63, 3.8) is 0 Å². The Hall–Kier alpha value is -1.41. The van der Waals surface area contributed by atoms with Gasteiger partial charge in [-0.25, -0.2) is 0 Å². The normalized spacial score (nSPS) is 20.8. The average molecular weight is 263 g/mol. The predicted molar refractivity (Wildman–Crippen MR) is 71.4 cm³/mol. The number of rotatable bonds is 7. The highest BCUT2D eigenvalue weighted by molar-refractivity contribution is 5.76. The second kappa shape index (κ2) is 6.67. The highest BCUT2D eigenvalue weighted by Gasteiger charge is 2.39. The second-order valence-corrected chi connectivity index (χ2v) is 5.25. The lowest BCUT2D eigenvalue weighted by molar-refractivity contribution is -0.121. The highest BCUT2D eigenvalue weighted by Crippen LogP contribution is 2.37. The summed E-state index contributed by atoms with van der Waals surface area (Å²) in [6.07, 6.45) is 9.88. The van der Waals surface area contributed by atoms with Crippen LogP contribution in [0.2, 0.25) is 0 Å². The molecule has 0 spiro atoms. The van der Waals surface area contributed by atoms with Crippen LogP contribution in [0.25, 0.3) is 0 Å². The minimum absolute atomic E-state index is 0.0869. The first-order valence-electron chi connectivity index (χ1n) is 6.96. The number of amides is 1. The summed E-state index contributed by atoms with van der Waals surface area (Å²) in [6.45, 7) is 2.38. The monoisotopic (exact) mass is 263 g/mol. The van der Waals surface area contributed by atoms with E-state index >= 15 is 0 Å². The van der Waals surface area contributed by atoms with E-state index in [1.165, 1.54) is 0 Å². The average Bonchev–Trinajstić information content (AvgIpc) is 3.22. The molecule has 2 heterocycles. The number of carbonyl (C=O) groups excluding carboxylic acids is 1. The third kappa shape index (κ3) is 4.64. The molecule has 0 radical (unpaired) electrons. The van der Waals surface area contributed by atoms with E-state index in [0.717, 1.165) is 39.0 Å². The van der Waals surface area contributed by atoms with E-state index in [9.17, 15) is 4.79 Å². The summed E-state index contributed by atoms with van der Waals surface area (Å²) < 4.78 is 5.29. The van der Waals surface area contributed by atoms with E-state index in [2.05, 4.69) is 21.5 Å².